The number of aryl methyl sites for hydroxylation is 1. The van der Waals surface area contributed by atoms with Crippen LogP contribution in [0.1, 0.15) is 31.4 Å². The van der Waals surface area contributed by atoms with E-state index in [2.05, 4.69) is 20.2 Å². The summed E-state index contributed by atoms with van der Waals surface area (Å²) < 4.78 is 28.1. The predicted octanol–water partition coefficient (Wildman–Crippen LogP) is 3.39. The minimum atomic E-state index is -3.80. The number of nitrogens with one attached hydrogen (secondary N) is 3. The standard InChI is InChI=1S/C23H28N4O3S/c1-16(2)14-22(27-31(29,30)20-10-4-17(3)5-11-20)23(28)24-15-18-6-8-19(9-7-18)21-12-13-25-26-21/h4-13,16,22,27H,14-15H2,1-3H3,(H,24,28)(H,25,26). The van der Waals surface area contributed by atoms with Gasteiger partial charge in [0.2, 0.25) is 15.9 Å². The predicted molar refractivity (Wildman–Crippen MR) is 121 cm³/mol. The molecule has 1 aromatic heterocycles. The molecular weight excluding hydrogens is 412 g/mol. The molecular formula is C23H28N4O3S. The van der Waals surface area contributed by atoms with Crippen LogP contribution in [-0.2, 0) is 21.4 Å². The fourth-order valence-electron chi connectivity index (χ4n) is 3.18. The van der Waals surface area contributed by atoms with E-state index in [0.717, 1.165) is 22.4 Å². The normalized spacial score (nSPS) is 12.6. The highest BCUT2D eigenvalue weighted by molar-refractivity contribution is 7.89. The minimum Gasteiger partial charge on any atom is -0.351 e. The second-order valence-corrected chi connectivity index (χ2v) is 9.72. The largest absolute Gasteiger partial charge is 0.351 e. The van der Waals surface area contributed by atoms with Crippen molar-refractivity contribution in [1.29, 1.82) is 0 Å². The van der Waals surface area contributed by atoms with Crippen LogP contribution in [0.25, 0.3) is 11.3 Å². The fraction of sp³-hybridized carbons (Fsp3) is 0.304. The molecule has 0 fully saturated rings. The van der Waals surface area contributed by atoms with Gasteiger partial charge >= 0.3 is 0 Å². The van der Waals surface area contributed by atoms with Gasteiger partial charge in [-0.05, 0) is 48.6 Å². The highest BCUT2D eigenvalue weighted by Gasteiger charge is 2.26. The number of nitrogens with zero attached hydrogens (tertiary/aromatic N) is 1. The Bertz CT molecular complexity index is 1090. The number of aromatic amines is 1. The summed E-state index contributed by atoms with van der Waals surface area (Å²) in [6.07, 6.45) is 2.09. The van der Waals surface area contributed by atoms with E-state index in [9.17, 15) is 13.2 Å². The third-order valence-electron chi connectivity index (χ3n) is 4.88. The van der Waals surface area contributed by atoms with Crippen LogP contribution in [0, 0.1) is 12.8 Å². The van der Waals surface area contributed by atoms with Crippen LogP contribution < -0.4 is 10.0 Å². The van der Waals surface area contributed by atoms with Gasteiger partial charge < -0.3 is 5.32 Å². The third-order valence-corrected chi connectivity index (χ3v) is 6.37. The lowest BCUT2D eigenvalue weighted by Gasteiger charge is -2.20. The molecule has 2 aromatic carbocycles. The molecule has 164 valence electrons. The molecule has 0 saturated carbocycles. The lowest BCUT2D eigenvalue weighted by atomic mass is 10.0. The molecule has 1 heterocycles. The summed E-state index contributed by atoms with van der Waals surface area (Å²) in [4.78, 5) is 13.0. The summed E-state index contributed by atoms with van der Waals surface area (Å²) in [6.45, 7) is 6.10. The molecule has 1 atom stereocenters. The van der Waals surface area contributed by atoms with E-state index < -0.39 is 16.1 Å². The fourth-order valence-corrected chi connectivity index (χ4v) is 4.39. The van der Waals surface area contributed by atoms with Gasteiger partial charge in [-0.3, -0.25) is 9.89 Å². The van der Waals surface area contributed by atoms with Crippen molar-refractivity contribution >= 4 is 15.9 Å². The van der Waals surface area contributed by atoms with Crippen LogP contribution in [0.15, 0.2) is 65.7 Å². The van der Waals surface area contributed by atoms with E-state index in [0.29, 0.717) is 13.0 Å². The van der Waals surface area contributed by atoms with Crippen molar-refractivity contribution in [2.24, 2.45) is 5.92 Å². The molecule has 0 saturated heterocycles. The molecule has 7 nitrogen and oxygen atoms in total. The van der Waals surface area contributed by atoms with Gasteiger partial charge in [0.15, 0.2) is 0 Å². The molecule has 0 aliphatic rings. The Morgan fingerprint density at radius 2 is 1.71 bits per heavy atom. The number of aromatic nitrogens is 2. The molecule has 0 spiro atoms. The van der Waals surface area contributed by atoms with Crippen LogP contribution in [0.3, 0.4) is 0 Å². The Balaban J connectivity index is 1.66. The van der Waals surface area contributed by atoms with Crippen molar-refractivity contribution in [3.63, 3.8) is 0 Å². The number of carbonyl (C=O) groups excluding carboxylic acids is 1. The summed E-state index contributed by atoms with van der Waals surface area (Å²) in [5, 5.41) is 9.71. The summed E-state index contributed by atoms with van der Waals surface area (Å²) in [5.74, 6) is -0.202. The van der Waals surface area contributed by atoms with E-state index in [1.54, 1.807) is 30.5 Å². The average molecular weight is 441 g/mol. The lowest BCUT2D eigenvalue weighted by Crippen LogP contribution is -2.47. The zero-order chi connectivity index (χ0) is 22.4. The topological polar surface area (TPSA) is 104 Å². The maximum absolute atomic E-state index is 12.8. The zero-order valence-electron chi connectivity index (χ0n) is 17.9. The van der Waals surface area contributed by atoms with Gasteiger partial charge in [-0.1, -0.05) is 55.8 Å². The second-order valence-electron chi connectivity index (χ2n) is 8.00. The number of hydrogen-bond donors (Lipinski definition) is 3. The van der Waals surface area contributed by atoms with Gasteiger partial charge in [0.25, 0.3) is 0 Å². The van der Waals surface area contributed by atoms with Crippen LogP contribution in [0.5, 0.6) is 0 Å². The minimum absolute atomic E-state index is 0.144. The van der Waals surface area contributed by atoms with Gasteiger partial charge in [0.05, 0.1) is 10.6 Å². The van der Waals surface area contributed by atoms with Crippen molar-refractivity contribution in [1.82, 2.24) is 20.2 Å². The maximum atomic E-state index is 12.8. The number of rotatable bonds is 9. The average Bonchev–Trinajstić information content (AvgIpc) is 3.26. The SMILES string of the molecule is Cc1ccc(S(=O)(=O)NC(CC(C)C)C(=O)NCc2ccc(-c3ccn[nH]3)cc2)cc1. The Morgan fingerprint density at radius 3 is 2.29 bits per heavy atom. The van der Waals surface area contributed by atoms with Crippen LogP contribution in [0.2, 0.25) is 0 Å². The number of H-pyrrole nitrogens is 1. The number of amides is 1. The van der Waals surface area contributed by atoms with E-state index in [1.807, 2.05) is 51.1 Å². The molecule has 0 bridgehead atoms. The van der Waals surface area contributed by atoms with E-state index in [1.165, 1.54) is 0 Å². The molecule has 3 rings (SSSR count). The van der Waals surface area contributed by atoms with Crippen molar-refractivity contribution in [2.75, 3.05) is 0 Å². The van der Waals surface area contributed by atoms with Crippen molar-refractivity contribution in [3.05, 3.63) is 71.9 Å². The summed E-state index contributed by atoms with van der Waals surface area (Å²) >= 11 is 0. The third kappa shape index (κ3) is 6.26. The molecule has 0 aliphatic carbocycles. The molecule has 8 heteroatoms. The van der Waals surface area contributed by atoms with Crippen LogP contribution in [-0.4, -0.2) is 30.6 Å². The van der Waals surface area contributed by atoms with E-state index in [-0.39, 0.29) is 16.7 Å². The number of sulfonamides is 1. The Morgan fingerprint density at radius 1 is 1.03 bits per heavy atom. The quantitative estimate of drug-likeness (QED) is 0.474. The van der Waals surface area contributed by atoms with Gasteiger partial charge in [-0.2, -0.15) is 9.82 Å². The van der Waals surface area contributed by atoms with Gasteiger partial charge in [-0.25, -0.2) is 8.42 Å². The van der Waals surface area contributed by atoms with E-state index >= 15 is 0 Å². The van der Waals surface area contributed by atoms with Crippen molar-refractivity contribution < 1.29 is 13.2 Å². The first-order valence-corrected chi connectivity index (χ1v) is 11.7. The molecule has 1 amide bonds. The summed E-state index contributed by atoms with van der Waals surface area (Å²) in [7, 11) is -3.80. The van der Waals surface area contributed by atoms with E-state index in [4.69, 9.17) is 0 Å². The first kappa shape index (κ1) is 22.7. The lowest BCUT2D eigenvalue weighted by molar-refractivity contribution is -0.123. The Hall–Kier alpha value is -2.97. The van der Waals surface area contributed by atoms with Crippen LogP contribution >= 0.6 is 0 Å². The highest BCUT2D eigenvalue weighted by Crippen LogP contribution is 2.17. The van der Waals surface area contributed by atoms with Gasteiger partial charge in [-0.15, -0.1) is 0 Å². The van der Waals surface area contributed by atoms with Crippen LogP contribution in [0.4, 0.5) is 0 Å². The van der Waals surface area contributed by atoms with Crippen molar-refractivity contribution in [2.45, 2.75) is 44.7 Å². The zero-order valence-corrected chi connectivity index (χ0v) is 18.7. The first-order chi connectivity index (χ1) is 14.7. The second kappa shape index (κ2) is 9.89. The smallest absolute Gasteiger partial charge is 0.241 e. The number of benzene rings is 2. The Labute approximate surface area is 183 Å². The molecule has 31 heavy (non-hydrogen) atoms. The molecule has 3 aromatic rings. The number of carbonyl (C=O) groups is 1. The van der Waals surface area contributed by atoms with Gasteiger partial charge in [0, 0.05) is 12.7 Å². The van der Waals surface area contributed by atoms with Crippen molar-refractivity contribution in [3.8, 4) is 11.3 Å². The first-order valence-electron chi connectivity index (χ1n) is 10.2. The summed E-state index contributed by atoms with van der Waals surface area (Å²) in [5.41, 5.74) is 3.80. The molecule has 1 unspecified atom stereocenters. The monoisotopic (exact) mass is 440 g/mol. The molecule has 0 aliphatic heterocycles. The maximum Gasteiger partial charge on any atom is 0.241 e. The highest BCUT2D eigenvalue weighted by atomic mass is 32.2. The summed E-state index contributed by atoms with van der Waals surface area (Å²) in [6, 6.07) is 15.3. The van der Waals surface area contributed by atoms with Gasteiger partial charge in [0.1, 0.15) is 6.04 Å². The molecule has 0 radical (unpaired) electrons. The molecule has 3 N–H and O–H groups in total. The Kier molecular flexibility index (Phi) is 7.25. The number of hydrogen-bond acceptors (Lipinski definition) is 4.